The van der Waals surface area contributed by atoms with Gasteiger partial charge in [0.05, 0.1) is 0 Å². The number of hydrogen-bond acceptors (Lipinski definition) is 0. The van der Waals surface area contributed by atoms with E-state index in [1.165, 1.54) is 49.4 Å². The van der Waals surface area contributed by atoms with Crippen LogP contribution in [0.25, 0.3) is 10.9 Å². The number of unbranched alkanes of at least 4 members (excludes halogenated alkanes) is 5. The van der Waals surface area contributed by atoms with Gasteiger partial charge in [0.25, 0.3) is 0 Å². The number of aromatic nitrogens is 1. The molecule has 118 valence electrons. The lowest BCUT2D eigenvalue weighted by Crippen LogP contribution is -3.00. The fourth-order valence-electron chi connectivity index (χ4n) is 2.48. The molecule has 0 aliphatic rings. The number of benzene rings is 1. The number of rotatable bonds is 7. The molecule has 0 amide bonds. The van der Waals surface area contributed by atoms with Gasteiger partial charge in [0.2, 0.25) is 5.52 Å². The van der Waals surface area contributed by atoms with Crippen molar-refractivity contribution in [2.45, 2.75) is 52.0 Å². The Hall–Kier alpha value is 0.0700. The molecule has 0 bridgehead atoms. The SMILES string of the molecule is BrBr.CCCCCCCC[n+]1cccc2ccccc21.[Br-]. The monoisotopic (exact) mass is 479 g/mol. The largest absolute Gasteiger partial charge is 1.00 e. The second-order valence-corrected chi connectivity index (χ2v) is 5.03. The zero-order valence-corrected chi connectivity index (χ0v) is 17.3. The number of halogens is 3. The topological polar surface area (TPSA) is 3.88 Å². The highest BCUT2D eigenvalue weighted by atomic mass is 80.9. The maximum atomic E-state index is 2.75. The number of hydrogen-bond donors (Lipinski definition) is 0. The first-order chi connectivity index (χ1) is 9.92. The minimum atomic E-state index is 0. The van der Waals surface area contributed by atoms with Crippen molar-refractivity contribution in [3.63, 3.8) is 0 Å². The van der Waals surface area contributed by atoms with E-state index in [1.54, 1.807) is 0 Å². The summed E-state index contributed by atoms with van der Waals surface area (Å²) in [6.07, 6.45) is 10.4. The van der Waals surface area contributed by atoms with Crippen molar-refractivity contribution >= 4 is 39.2 Å². The standard InChI is InChI=1S/C17H24N.Br2.BrH/c1-2-3-4-5-6-9-14-18-15-10-12-16-11-7-8-13-17(16)18;1-2;/h7-8,10-13,15H,2-6,9,14H2,1H3;;1H/q+1;;/p-1. The molecule has 0 N–H and O–H groups in total. The lowest BCUT2D eigenvalue weighted by Gasteiger charge is -2.01. The molecule has 0 saturated heterocycles. The number of aryl methyl sites for hydroxylation is 1. The van der Waals surface area contributed by atoms with Gasteiger partial charge >= 0.3 is 0 Å². The van der Waals surface area contributed by atoms with E-state index in [9.17, 15) is 0 Å². The van der Waals surface area contributed by atoms with E-state index in [0.717, 1.165) is 6.54 Å². The molecule has 1 aromatic carbocycles. The van der Waals surface area contributed by atoms with Gasteiger partial charge < -0.3 is 17.0 Å². The van der Waals surface area contributed by atoms with Crippen LogP contribution in [0.15, 0.2) is 42.6 Å². The highest BCUT2D eigenvalue weighted by molar-refractivity contribution is 9.93. The van der Waals surface area contributed by atoms with Crippen molar-refractivity contribution in [2.75, 3.05) is 0 Å². The summed E-state index contributed by atoms with van der Waals surface area (Å²) in [7, 11) is 0. The van der Waals surface area contributed by atoms with Crippen LogP contribution in [0.5, 0.6) is 0 Å². The molecule has 2 aromatic rings. The van der Waals surface area contributed by atoms with Crippen LogP contribution in [-0.4, -0.2) is 0 Å². The van der Waals surface area contributed by atoms with Gasteiger partial charge in [-0.2, -0.15) is 4.57 Å². The molecule has 0 fully saturated rings. The summed E-state index contributed by atoms with van der Waals surface area (Å²) in [6.45, 7) is 3.42. The average Bonchev–Trinajstić information content (AvgIpc) is 2.53. The predicted octanol–water partition coefficient (Wildman–Crippen LogP) is 3.18. The number of nitrogens with zero attached hydrogens (tertiary/aromatic N) is 1. The Morgan fingerprint density at radius 2 is 1.48 bits per heavy atom. The van der Waals surface area contributed by atoms with Gasteiger partial charge in [-0.1, -0.05) is 44.7 Å². The Morgan fingerprint density at radius 3 is 2.24 bits per heavy atom. The van der Waals surface area contributed by atoms with Crippen LogP contribution in [-0.2, 0) is 6.54 Å². The highest BCUT2D eigenvalue weighted by Crippen LogP contribution is 2.09. The van der Waals surface area contributed by atoms with Gasteiger partial charge in [0, 0.05) is 52.2 Å². The third kappa shape index (κ3) is 7.75. The highest BCUT2D eigenvalue weighted by Gasteiger charge is 2.06. The van der Waals surface area contributed by atoms with E-state index in [1.807, 2.05) is 0 Å². The average molecular weight is 482 g/mol. The van der Waals surface area contributed by atoms with Gasteiger partial charge in [-0.05, 0) is 18.6 Å². The summed E-state index contributed by atoms with van der Waals surface area (Å²) in [5.74, 6) is 0. The predicted molar refractivity (Wildman–Crippen MR) is 95.4 cm³/mol. The summed E-state index contributed by atoms with van der Waals surface area (Å²) < 4.78 is 2.38. The summed E-state index contributed by atoms with van der Waals surface area (Å²) in [4.78, 5) is 0. The molecule has 2 rings (SSSR count). The first-order valence-electron chi connectivity index (χ1n) is 7.43. The first kappa shape index (κ1) is 21.1. The first-order valence-corrected chi connectivity index (χ1v) is 11.1. The van der Waals surface area contributed by atoms with E-state index in [4.69, 9.17) is 0 Å². The summed E-state index contributed by atoms with van der Waals surface area (Å²) in [6, 6.07) is 13.0. The molecule has 0 aliphatic carbocycles. The summed E-state index contributed by atoms with van der Waals surface area (Å²) in [5, 5.41) is 1.34. The molecule has 0 aliphatic heterocycles. The lowest BCUT2D eigenvalue weighted by molar-refractivity contribution is -0.671. The number of fused-ring (bicyclic) bond motifs is 1. The van der Waals surface area contributed by atoms with E-state index in [-0.39, 0.29) is 17.0 Å². The maximum Gasteiger partial charge on any atom is 0.212 e. The smallest absolute Gasteiger partial charge is 0.212 e. The fourth-order valence-corrected chi connectivity index (χ4v) is 2.48. The molecule has 0 radical (unpaired) electrons. The van der Waals surface area contributed by atoms with Crippen molar-refractivity contribution in [3.05, 3.63) is 42.6 Å². The molecule has 0 spiro atoms. The Balaban J connectivity index is 0.00000128. The Labute approximate surface area is 154 Å². The molecule has 1 aromatic heterocycles. The van der Waals surface area contributed by atoms with Crippen LogP contribution in [0.4, 0.5) is 0 Å². The van der Waals surface area contributed by atoms with Crippen molar-refractivity contribution in [1.82, 2.24) is 0 Å². The normalized spacial score (nSPS) is 9.67. The van der Waals surface area contributed by atoms with E-state index < -0.39 is 0 Å². The zero-order chi connectivity index (χ0) is 14.6. The van der Waals surface area contributed by atoms with Crippen LogP contribution in [0, 0.1) is 0 Å². The molecule has 0 saturated carbocycles. The van der Waals surface area contributed by atoms with Gasteiger partial charge in [0.1, 0.15) is 6.54 Å². The van der Waals surface area contributed by atoms with Crippen LogP contribution in [0.3, 0.4) is 0 Å². The second kappa shape index (κ2) is 13.7. The Morgan fingerprint density at radius 1 is 0.857 bits per heavy atom. The van der Waals surface area contributed by atoms with Crippen LogP contribution < -0.4 is 21.5 Å². The molecule has 1 heterocycles. The summed E-state index contributed by atoms with van der Waals surface area (Å²) in [5.41, 5.74) is 1.36. The van der Waals surface area contributed by atoms with Crippen molar-refractivity contribution in [2.24, 2.45) is 0 Å². The molecular weight excluding hydrogens is 458 g/mol. The van der Waals surface area contributed by atoms with Gasteiger partial charge in [-0.25, -0.2) is 0 Å². The van der Waals surface area contributed by atoms with Gasteiger partial charge in [-0.3, -0.25) is 0 Å². The maximum absolute atomic E-state index is 2.75. The molecule has 1 nitrogen and oxygen atoms in total. The van der Waals surface area contributed by atoms with E-state index in [2.05, 4.69) is 82.3 Å². The summed E-state index contributed by atoms with van der Waals surface area (Å²) >= 11 is 5.50. The Bertz CT molecular complexity index is 483. The van der Waals surface area contributed by atoms with Gasteiger partial charge in [0.15, 0.2) is 6.20 Å². The van der Waals surface area contributed by atoms with Crippen LogP contribution >= 0.6 is 28.3 Å². The molecule has 0 unspecified atom stereocenters. The zero-order valence-electron chi connectivity index (χ0n) is 12.6. The lowest BCUT2D eigenvalue weighted by atomic mass is 10.1. The number of para-hydroxylation sites is 1. The van der Waals surface area contributed by atoms with Crippen molar-refractivity contribution in [3.8, 4) is 0 Å². The van der Waals surface area contributed by atoms with Crippen LogP contribution in [0.1, 0.15) is 45.4 Å². The minimum Gasteiger partial charge on any atom is -1.00 e. The number of pyridine rings is 1. The quantitative estimate of drug-likeness (QED) is 0.422. The molecular formula is C17H24Br3N. The Kier molecular flexibility index (Phi) is 13.8. The molecule has 4 heteroatoms. The third-order valence-electron chi connectivity index (χ3n) is 3.54. The third-order valence-corrected chi connectivity index (χ3v) is 3.54. The second-order valence-electron chi connectivity index (χ2n) is 5.03. The fraction of sp³-hybridized carbons (Fsp3) is 0.471. The van der Waals surface area contributed by atoms with E-state index >= 15 is 0 Å². The molecule has 0 atom stereocenters. The molecule has 21 heavy (non-hydrogen) atoms. The van der Waals surface area contributed by atoms with E-state index in [0.29, 0.717) is 0 Å². The van der Waals surface area contributed by atoms with Gasteiger partial charge in [-0.15, -0.1) is 0 Å². The van der Waals surface area contributed by atoms with Crippen molar-refractivity contribution < 1.29 is 21.5 Å². The van der Waals surface area contributed by atoms with Crippen LogP contribution in [0.2, 0.25) is 0 Å². The van der Waals surface area contributed by atoms with Crippen molar-refractivity contribution in [1.29, 1.82) is 0 Å². The minimum absolute atomic E-state index is 0.